The maximum atomic E-state index is 12.4. The monoisotopic (exact) mass is 410 g/mol. The van der Waals surface area contributed by atoms with Crippen molar-refractivity contribution in [1.29, 1.82) is 0 Å². The van der Waals surface area contributed by atoms with E-state index in [0.717, 1.165) is 58.0 Å². The molecule has 1 aliphatic heterocycles. The Balaban J connectivity index is 1.77. The minimum absolute atomic E-state index is 0.203. The van der Waals surface area contributed by atoms with E-state index in [-0.39, 0.29) is 6.09 Å². The molecule has 1 heterocycles. The Kier molecular flexibility index (Phi) is 8.61. The first-order chi connectivity index (χ1) is 13.7. The molecule has 0 aromatic heterocycles. The van der Waals surface area contributed by atoms with Gasteiger partial charge in [0.05, 0.1) is 0 Å². The molecule has 1 amide bonds. The van der Waals surface area contributed by atoms with E-state index < -0.39 is 5.60 Å². The minimum atomic E-state index is -0.450. The van der Waals surface area contributed by atoms with Gasteiger partial charge in [-0.2, -0.15) is 0 Å². The molecule has 2 rings (SSSR count). The highest BCUT2D eigenvalue weighted by Crippen LogP contribution is 2.48. The third-order valence-electron chi connectivity index (χ3n) is 6.05. The second kappa shape index (κ2) is 10.5. The van der Waals surface area contributed by atoms with Gasteiger partial charge in [-0.05, 0) is 71.1 Å². The van der Waals surface area contributed by atoms with Crippen molar-refractivity contribution in [2.75, 3.05) is 53.5 Å². The van der Waals surface area contributed by atoms with Crippen LogP contribution in [0.25, 0.3) is 0 Å². The molecule has 2 fully saturated rings. The molecular weight excluding hydrogens is 368 g/mol. The SMILES string of the molecule is CCN(CC1CCN(C(=NC)NCC2(CCOC)CC2)CC1)C(=O)OC(C)(C)C. The predicted molar refractivity (Wildman–Crippen MR) is 117 cm³/mol. The number of guanidine groups is 1. The lowest BCUT2D eigenvalue weighted by Crippen LogP contribution is -2.48. The third-order valence-corrected chi connectivity index (χ3v) is 6.05. The summed E-state index contributed by atoms with van der Waals surface area (Å²) in [5.74, 6) is 1.51. The van der Waals surface area contributed by atoms with Crippen molar-refractivity contribution in [3.63, 3.8) is 0 Å². The number of methoxy groups -OCH3 is 1. The number of carbonyl (C=O) groups is 1. The van der Waals surface area contributed by atoms with Gasteiger partial charge in [0.25, 0.3) is 0 Å². The smallest absolute Gasteiger partial charge is 0.410 e. The molecule has 1 N–H and O–H groups in total. The van der Waals surface area contributed by atoms with Crippen molar-refractivity contribution < 1.29 is 14.3 Å². The average molecular weight is 411 g/mol. The van der Waals surface area contributed by atoms with Gasteiger partial charge in [0, 0.05) is 53.5 Å². The van der Waals surface area contributed by atoms with Crippen LogP contribution in [0.5, 0.6) is 0 Å². The lowest BCUT2D eigenvalue weighted by atomic mass is 9.96. The van der Waals surface area contributed by atoms with Gasteiger partial charge < -0.3 is 24.6 Å². The van der Waals surface area contributed by atoms with Crippen LogP contribution in [0.2, 0.25) is 0 Å². The molecule has 0 spiro atoms. The normalized spacial score (nSPS) is 19.8. The fourth-order valence-electron chi connectivity index (χ4n) is 3.91. The van der Waals surface area contributed by atoms with Crippen molar-refractivity contribution in [2.45, 2.75) is 65.4 Å². The van der Waals surface area contributed by atoms with Crippen LogP contribution >= 0.6 is 0 Å². The van der Waals surface area contributed by atoms with Crippen molar-refractivity contribution in [3.05, 3.63) is 0 Å². The highest BCUT2D eigenvalue weighted by atomic mass is 16.6. The van der Waals surface area contributed by atoms with Crippen molar-refractivity contribution in [2.24, 2.45) is 16.3 Å². The molecule has 168 valence electrons. The Bertz CT molecular complexity index is 547. The van der Waals surface area contributed by atoms with E-state index in [2.05, 4.69) is 15.2 Å². The first-order valence-corrected chi connectivity index (χ1v) is 11.1. The average Bonchev–Trinajstić information content (AvgIpc) is 3.44. The van der Waals surface area contributed by atoms with Crippen LogP contribution in [-0.4, -0.2) is 80.9 Å². The third kappa shape index (κ3) is 7.68. The number of hydrogen-bond donors (Lipinski definition) is 1. The molecular formula is C22H42N4O3. The number of piperidine rings is 1. The van der Waals surface area contributed by atoms with E-state index in [4.69, 9.17) is 9.47 Å². The Labute approximate surface area is 177 Å². The van der Waals surface area contributed by atoms with Gasteiger partial charge in [-0.15, -0.1) is 0 Å². The number of hydrogen-bond acceptors (Lipinski definition) is 4. The molecule has 0 aromatic rings. The van der Waals surface area contributed by atoms with Crippen LogP contribution in [0, 0.1) is 11.3 Å². The van der Waals surface area contributed by atoms with Gasteiger partial charge in [-0.1, -0.05) is 0 Å². The first-order valence-electron chi connectivity index (χ1n) is 11.1. The summed E-state index contributed by atoms with van der Waals surface area (Å²) >= 11 is 0. The largest absolute Gasteiger partial charge is 0.444 e. The Hall–Kier alpha value is -1.50. The molecule has 7 nitrogen and oxygen atoms in total. The number of likely N-dealkylation sites (tertiary alicyclic amines) is 1. The second-order valence-corrected chi connectivity index (χ2v) is 9.59. The van der Waals surface area contributed by atoms with Crippen LogP contribution in [0.3, 0.4) is 0 Å². The Morgan fingerprint density at radius 3 is 2.41 bits per heavy atom. The summed E-state index contributed by atoms with van der Waals surface area (Å²) in [4.78, 5) is 21.1. The molecule has 0 aromatic carbocycles. The van der Waals surface area contributed by atoms with E-state index in [9.17, 15) is 4.79 Å². The fraction of sp³-hybridized carbons (Fsp3) is 0.909. The molecule has 1 saturated heterocycles. The van der Waals surface area contributed by atoms with Gasteiger partial charge in [0.1, 0.15) is 5.60 Å². The maximum Gasteiger partial charge on any atom is 0.410 e. The number of carbonyl (C=O) groups excluding carboxylic acids is 1. The number of nitrogens with zero attached hydrogens (tertiary/aromatic N) is 3. The van der Waals surface area contributed by atoms with E-state index >= 15 is 0 Å². The van der Waals surface area contributed by atoms with E-state index in [1.807, 2.05) is 39.6 Å². The lowest BCUT2D eigenvalue weighted by Gasteiger charge is -2.37. The Morgan fingerprint density at radius 2 is 1.93 bits per heavy atom. The van der Waals surface area contributed by atoms with Gasteiger partial charge in [0.15, 0.2) is 5.96 Å². The molecule has 2 aliphatic rings. The summed E-state index contributed by atoms with van der Waals surface area (Å²) in [5, 5.41) is 3.60. The quantitative estimate of drug-likeness (QED) is 0.491. The number of amides is 1. The Morgan fingerprint density at radius 1 is 1.28 bits per heavy atom. The highest BCUT2D eigenvalue weighted by Gasteiger charge is 2.42. The van der Waals surface area contributed by atoms with Gasteiger partial charge in [-0.3, -0.25) is 4.99 Å². The molecule has 7 heteroatoms. The molecule has 29 heavy (non-hydrogen) atoms. The summed E-state index contributed by atoms with van der Waals surface area (Å²) < 4.78 is 10.8. The van der Waals surface area contributed by atoms with Crippen LogP contribution in [-0.2, 0) is 9.47 Å². The highest BCUT2D eigenvalue weighted by molar-refractivity contribution is 5.80. The molecule has 1 saturated carbocycles. The number of ether oxygens (including phenoxy) is 2. The van der Waals surface area contributed by atoms with Crippen LogP contribution in [0.4, 0.5) is 4.79 Å². The summed E-state index contributed by atoms with van der Waals surface area (Å²) in [6.07, 6.45) is 5.60. The van der Waals surface area contributed by atoms with Gasteiger partial charge >= 0.3 is 6.09 Å². The van der Waals surface area contributed by atoms with Gasteiger partial charge in [-0.25, -0.2) is 4.79 Å². The van der Waals surface area contributed by atoms with Crippen LogP contribution in [0.1, 0.15) is 59.8 Å². The minimum Gasteiger partial charge on any atom is -0.444 e. The van der Waals surface area contributed by atoms with Crippen LogP contribution in [0.15, 0.2) is 4.99 Å². The topological polar surface area (TPSA) is 66.4 Å². The molecule has 1 aliphatic carbocycles. The van der Waals surface area contributed by atoms with Crippen molar-refractivity contribution >= 4 is 12.1 Å². The maximum absolute atomic E-state index is 12.4. The first kappa shape index (κ1) is 23.8. The summed E-state index contributed by atoms with van der Waals surface area (Å²) in [6.45, 7) is 13.0. The zero-order valence-electron chi connectivity index (χ0n) is 19.4. The molecule has 0 unspecified atom stereocenters. The predicted octanol–water partition coefficient (Wildman–Crippen LogP) is 3.35. The van der Waals surface area contributed by atoms with E-state index in [1.54, 1.807) is 7.11 Å². The summed E-state index contributed by atoms with van der Waals surface area (Å²) in [5.41, 5.74) is -0.0481. The van der Waals surface area contributed by atoms with Crippen molar-refractivity contribution in [3.8, 4) is 0 Å². The summed E-state index contributed by atoms with van der Waals surface area (Å²) in [6, 6.07) is 0. The molecule has 0 atom stereocenters. The standard InChI is InChI=1S/C22H42N4O3/c1-7-25(20(27)29-21(2,3)4)16-18-8-13-26(14-9-18)19(23-5)24-17-22(10-11-22)12-15-28-6/h18H,7-17H2,1-6H3,(H,23,24). The number of aliphatic imine (C=N–C) groups is 1. The van der Waals surface area contributed by atoms with Crippen LogP contribution < -0.4 is 5.32 Å². The van der Waals surface area contributed by atoms with E-state index in [0.29, 0.717) is 17.9 Å². The molecule has 0 radical (unpaired) electrons. The van der Waals surface area contributed by atoms with E-state index in [1.165, 1.54) is 12.8 Å². The zero-order valence-corrected chi connectivity index (χ0v) is 19.4. The molecule has 0 bridgehead atoms. The zero-order chi connectivity index (χ0) is 21.5. The summed E-state index contributed by atoms with van der Waals surface area (Å²) in [7, 11) is 3.64. The van der Waals surface area contributed by atoms with Crippen molar-refractivity contribution in [1.82, 2.24) is 15.1 Å². The van der Waals surface area contributed by atoms with Gasteiger partial charge in [0.2, 0.25) is 0 Å². The fourth-order valence-corrected chi connectivity index (χ4v) is 3.91. The lowest BCUT2D eigenvalue weighted by molar-refractivity contribution is 0.0214. The number of nitrogens with one attached hydrogen (secondary N) is 1. The second-order valence-electron chi connectivity index (χ2n) is 9.59. The number of rotatable bonds is 8.